The van der Waals surface area contributed by atoms with E-state index in [9.17, 15) is 18.0 Å². The minimum atomic E-state index is -4.08. The van der Waals surface area contributed by atoms with Crippen LogP contribution in [0.1, 0.15) is 22.8 Å². The predicted octanol–water partition coefficient (Wildman–Crippen LogP) is 2.67. The normalized spacial score (nSPS) is 11.7. The highest BCUT2D eigenvalue weighted by molar-refractivity contribution is 7.90. The molecule has 1 N–H and O–H groups in total. The highest BCUT2D eigenvalue weighted by atomic mass is 32.2. The molecule has 1 amide bonds. The van der Waals surface area contributed by atoms with Crippen LogP contribution >= 0.6 is 0 Å². The molecule has 8 heteroatoms. The highest BCUT2D eigenvalue weighted by Gasteiger charge is 2.19. The van der Waals surface area contributed by atoms with Crippen molar-refractivity contribution < 1.29 is 22.8 Å². The number of ketones is 1. The van der Waals surface area contributed by atoms with Gasteiger partial charge in [-0.25, -0.2) is 17.9 Å². The lowest BCUT2D eigenvalue weighted by atomic mass is 10.1. The van der Waals surface area contributed by atoms with Gasteiger partial charge in [-0.2, -0.15) is 0 Å². The maximum atomic E-state index is 12.0. The predicted molar refractivity (Wildman–Crippen MR) is 91.9 cm³/mol. The van der Waals surface area contributed by atoms with Crippen LogP contribution in [0.3, 0.4) is 0 Å². The number of hydrogen-bond acceptors (Lipinski definition) is 6. The number of aryl methyl sites for hydroxylation is 1. The van der Waals surface area contributed by atoms with Gasteiger partial charge in [-0.3, -0.25) is 9.63 Å². The van der Waals surface area contributed by atoms with E-state index in [1.165, 1.54) is 19.1 Å². The first-order valence-corrected chi connectivity index (χ1v) is 8.73. The van der Waals surface area contributed by atoms with E-state index in [4.69, 9.17) is 0 Å². The lowest BCUT2D eigenvalue weighted by Gasteiger charge is -2.05. The fourth-order valence-corrected chi connectivity index (χ4v) is 2.72. The van der Waals surface area contributed by atoms with Gasteiger partial charge in [0.1, 0.15) is 5.71 Å². The Hall–Kier alpha value is -3.00. The minimum Gasteiger partial charge on any atom is -0.297 e. The third kappa shape index (κ3) is 4.98. The van der Waals surface area contributed by atoms with Crippen LogP contribution in [0.5, 0.6) is 0 Å². The smallest absolute Gasteiger partial charge is 0.297 e. The molecule has 0 aliphatic carbocycles. The molecule has 0 saturated carbocycles. The lowest BCUT2D eigenvalue weighted by Crippen LogP contribution is -2.30. The van der Waals surface area contributed by atoms with E-state index in [0.717, 1.165) is 5.56 Å². The van der Waals surface area contributed by atoms with Gasteiger partial charge < -0.3 is 0 Å². The van der Waals surface area contributed by atoms with Crippen LogP contribution in [0.15, 0.2) is 64.6 Å². The zero-order valence-electron chi connectivity index (χ0n) is 13.6. The second-order valence-corrected chi connectivity index (χ2v) is 6.85. The molecule has 0 radical (unpaired) electrons. The highest BCUT2D eigenvalue weighted by Crippen LogP contribution is 2.10. The van der Waals surface area contributed by atoms with Gasteiger partial charge in [0.25, 0.3) is 10.0 Å². The summed E-state index contributed by atoms with van der Waals surface area (Å²) in [5, 5.41) is 3.38. The molecule has 0 heterocycles. The van der Waals surface area contributed by atoms with Crippen molar-refractivity contribution in [2.75, 3.05) is 0 Å². The third-order valence-corrected chi connectivity index (χ3v) is 4.51. The van der Waals surface area contributed by atoms with E-state index >= 15 is 0 Å². The summed E-state index contributed by atoms with van der Waals surface area (Å²) in [5.74, 6) is -0.435. The summed E-state index contributed by atoms with van der Waals surface area (Å²) in [4.78, 5) is 28.0. The van der Waals surface area contributed by atoms with Crippen molar-refractivity contribution in [3.05, 3.63) is 65.7 Å². The Morgan fingerprint density at radius 3 is 2.20 bits per heavy atom. The molecule has 130 valence electrons. The van der Waals surface area contributed by atoms with E-state index in [0.29, 0.717) is 5.56 Å². The van der Waals surface area contributed by atoms with Crippen molar-refractivity contribution in [1.82, 2.24) is 4.72 Å². The zero-order valence-corrected chi connectivity index (χ0v) is 14.4. The summed E-state index contributed by atoms with van der Waals surface area (Å²) < 4.78 is 25.8. The average Bonchev–Trinajstić information content (AvgIpc) is 2.59. The molecule has 0 bridgehead atoms. The number of nitrogens with one attached hydrogen (secondary N) is 1. The van der Waals surface area contributed by atoms with Gasteiger partial charge >= 0.3 is 6.09 Å². The number of oxime groups is 1. The Labute approximate surface area is 145 Å². The standard InChI is InChI=1S/C17H16N2O5S/c1-12-8-10-15(11-9-12)25(22,23)19-17(21)24-18-13(2)16(20)14-6-4-3-5-7-14/h3-11H,1-2H3,(H,19,21). The summed E-state index contributed by atoms with van der Waals surface area (Å²) in [7, 11) is -4.08. The Morgan fingerprint density at radius 2 is 1.60 bits per heavy atom. The molecular weight excluding hydrogens is 344 g/mol. The largest absolute Gasteiger partial charge is 0.447 e. The van der Waals surface area contributed by atoms with Crippen LogP contribution in [0, 0.1) is 6.92 Å². The summed E-state index contributed by atoms with van der Waals surface area (Å²) in [6.45, 7) is 3.16. The summed E-state index contributed by atoms with van der Waals surface area (Å²) in [6.07, 6.45) is -1.30. The van der Waals surface area contributed by atoms with Gasteiger partial charge in [0.05, 0.1) is 4.90 Å². The van der Waals surface area contributed by atoms with Crippen molar-refractivity contribution >= 4 is 27.6 Å². The maximum absolute atomic E-state index is 12.0. The van der Waals surface area contributed by atoms with E-state index < -0.39 is 21.9 Å². The molecule has 2 rings (SSSR count). The molecule has 0 saturated heterocycles. The van der Waals surface area contributed by atoms with Gasteiger partial charge in [-0.1, -0.05) is 53.2 Å². The SMILES string of the molecule is CC(=NOC(=O)NS(=O)(=O)c1ccc(C)cc1)C(=O)c1ccccc1. The van der Waals surface area contributed by atoms with Crippen LogP contribution in [0.25, 0.3) is 0 Å². The van der Waals surface area contributed by atoms with Gasteiger partial charge in [0.15, 0.2) is 0 Å². The molecule has 0 aliphatic rings. The molecule has 0 aromatic heterocycles. The quantitative estimate of drug-likeness (QED) is 0.382. The zero-order chi connectivity index (χ0) is 18.4. The Morgan fingerprint density at radius 1 is 1.00 bits per heavy atom. The third-order valence-electron chi connectivity index (χ3n) is 3.18. The van der Waals surface area contributed by atoms with Crippen LogP contribution in [-0.4, -0.2) is 26.0 Å². The number of hydrogen-bond donors (Lipinski definition) is 1. The van der Waals surface area contributed by atoms with Gasteiger partial charge in [-0.05, 0) is 26.0 Å². The Kier molecular flexibility index (Phi) is 5.66. The fourth-order valence-electron chi connectivity index (χ4n) is 1.85. The van der Waals surface area contributed by atoms with Crippen molar-refractivity contribution in [2.45, 2.75) is 18.7 Å². The molecule has 0 spiro atoms. The van der Waals surface area contributed by atoms with Crippen molar-refractivity contribution in [3.8, 4) is 0 Å². The molecule has 0 fully saturated rings. The summed E-state index contributed by atoms with van der Waals surface area (Å²) in [6, 6.07) is 14.2. The number of benzene rings is 2. The number of carbonyl (C=O) groups excluding carboxylic acids is 2. The monoisotopic (exact) mass is 360 g/mol. The van der Waals surface area contributed by atoms with Crippen LogP contribution in [-0.2, 0) is 14.9 Å². The average molecular weight is 360 g/mol. The lowest BCUT2D eigenvalue weighted by molar-refractivity contribution is 0.105. The molecular formula is C17H16N2O5S. The van der Waals surface area contributed by atoms with Gasteiger partial charge in [0, 0.05) is 5.56 Å². The Bertz CT molecular complexity index is 904. The molecule has 0 unspecified atom stereocenters. The molecule has 2 aromatic rings. The van der Waals surface area contributed by atoms with Crippen molar-refractivity contribution in [3.63, 3.8) is 0 Å². The molecule has 0 atom stereocenters. The Balaban J connectivity index is 2.02. The van der Waals surface area contributed by atoms with E-state index in [1.807, 2.05) is 0 Å². The molecule has 2 aromatic carbocycles. The second kappa shape index (κ2) is 7.71. The second-order valence-electron chi connectivity index (χ2n) is 5.17. The fraction of sp³-hybridized carbons (Fsp3) is 0.118. The minimum absolute atomic E-state index is 0.0869. The number of nitrogens with zero attached hydrogens (tertiary/aromatic N) is 1. The van der Waals surface area contributed by atoms with Crippen LogP contribution in [0.4, 0.5) is 4.79 Å². The van der Waals surface area contributed by atoms with E-state index in [1.54, 1.807) is 54.1 Å². The molecule has 7 nitrogen and oxygen atoms in total. The van der Waals surface area contributed by atoms with Crippen molar-refractivity contribution in [2.24, 2.45) is 5.16 Å². The maximum Gasteiger partial charge on any atom is 0.447 e. The van der Waals surface area contributed by atoms with Crippen LogP contribution in [0.2, 0.25) is 0 Å². The number of carbonyl (C=O) groups is 2. The van der Waals surface area contributed by atoms with Crippen LogP contribution < -0.4 is 4.72 Å². The summed E-state index contributed by atoms with van der Waals surface area (Å²) in [5.41, 5.74) is 1.16. The number of amides is 1. The van der Waals surface area contributed by atoms with Gasteiger partial charge in [0.2, 0.25) is 5.78 Å². The van der Waals surface area contributed by atoms with E-state index in [2.05, 4.69) is 9.99 Å². The first-order chi connectivity index (χ1) is 11.8. The first-order valence-electron chi connectivity index (χ1n) is 7.24. The summed E-state index contributed by atoms with van der Waals surface area (Å²) >= 11 is 0. The number of Topliss-reactive ketones (excluding diaryl/α,β-unsaturated/α-hetero) is 1. The van der Waals surface area contributed by atoms with Crippen molar-refractivity contribution in [1.29, 1.82) is 0 Å². The number of rotatable bonds is 5. The molecule has 0 aliphatic heterocycles. The first kappa shape index (κ1) is 18.3. The topological polar surface area (TPSA) is 102 Å². The number of sulfonamides is 1. The van der Waals surface area contributed by atoms with Gasteiger partial charge in [-0.15, -0.1) is 0 Å². The van der Waals surface area contributed by atoms with E-state index in [-0.39, 0.29) is 10.6 Å². The molecule has 25 heavy (non-hydrogen) atoms.